The number of nitrogens with one attached hydrogen (secondary N) is 1. The Hall–Kier alpha value is -3.93. The highest BCUT2D eigenvalue weighted by Gasteiger charge is 2.15. The standard InChI is InChI=1S/C25H23N3O3/c1-16-8-7-9-17(2)24(16)27-23(29)15-31-25(30)19-12-13-22-21(14-19)26-18(3)28(22)20-10-5-4-6-11-20/h4-14H,15H2,1-3H3,(H,27,29). The molecule has 1 amide bonds. The third-order valence-electron chi connectivity index (χ3n) is 5.15. The van der Waals surface area contributed by atoms with Gasteiger partial charge in [-0.3, -0.25) is 9.36 Å². The Labute approximate surface area is 180 Å². The van der Waals surface area contributed by atoms with E-state index in [1.807, 2.05) is 79.9 Å². The molecule has 6 heteroatoms. The van der Waals surface area contributed by atoms with Gasteiger partial charge >= 0.3 is 5.97 Å². The third kappa shape index (κ3) is 4.19. The van der Waals surface area contributed by atoms with Crippen molar-refractivity contribution in [1.82, 2.24) is 9.55 Å². The van der Waals surface area contributed by atoms with Gasteiger partial charge in [0.1, 0.15) is 5.82 Å². The molecular weight excluding hydrogens is 390 g/mol. The van der Waals surface area contributed by atoms with E-state index in [-0.39, 0.29) is 12.5 Å². The molecule has 0 saturated carbocycles. The molecule has 6 nitrogen and oxygen atoms in total. The monoisotopic (exact) mass is 413 g/mol. The van der Waals surface area contributed by atoms with E-state index in [0.29, 0.717) is 11.1 Å². The van der Waals surface area contributed by atoms with Crippen LogP contribution in [-0.4, -0.2) is 28.0 Å². The van der Waals surface area contributed by atoms with Gasteiger partial charge in [-0.25, -0.2) is 9.78 Å². The Balaban J connectivity index is 1.48. The van der Waals surface area contributed by atoms with Crippen LogP contribution in [0.4, 0.5) is 5.69 Å². The minimum Gasteiger partial charge on any atom is -0.452 e. The maximum absolute atomic E-state index is 12.5. The predicted octanol–water partition coefficient (Wildman–Crippen LogP) is 4.75. The number of esters is 1. The number of aryl methyl sites for hydroxylation is 3. The normalized spacial score (nSPS) is 10.8. The highest BCUT2D eigenvalue weighted by Crippen LogP contribution is 2.23. The van der Waals surface area contributed by atoms with E-state index in [4.69, 9.17) is 4.74 Å². The van der Waals surface area contributed by atoms with Crippen LogP contribution < -0.4 is 5.32 Å². The first kappa shape index (κ1) is 20.3. The van der Waals surface area contributed by atoms with E-state index >= 15 is 0 Å². The summed E-state index contributed by atoms with van der Waals surface area (Å²) in [6.45, 7) is 5.39. The summed E-state index contributed by atoms with van der Waals surface area (Å²) in [6.07, 6.45) is 0. The molecule has 0 atom stereocenters. The number of carbonyl (C=O) groups excluding carboxylic acids is 2. The molecule has 0 spiro atoms. The molecular formula is C25H23N3O3. The van der Waals surface area contributed by atoms with Gasteiger partial charge in [0.25, 0.3) is 5.91 Å². The molecule has 0 radical (unpaired) electrons. The first-order chi connectivity index (χ1) is 14.9. The number of rotatable bonds is 5. The Morgan fingerprint density at radius 2 is 1.65 bits per heavy atom. The van der Waals surface area contributed by atoms with Gasteiger partial charge in [-0.1, -0.05) is 36.4 Å². The molecule has 0 saturated heterocycles. The second-order valence-corrected chi connectivity index (χ2v) is 7.42. The fourth-order valence-corrected chi connectivity index (χ4v) is 3.63. The fourth-order valence-electron chi connectivity index (χ4n) is 3.63. The lowest BCUT2D eigenvalue weighted by Crippen LogP contribution is -2.21. The zero-order valence-corrected chi connectivity index (χ0v) is 17.7. The number of hydrogen-bond donors (Lipinski definition) is 1. The number of nitrogens with zero attached hydrogens (tertiary/aromatic N) is 2. The Kier molecular flexibility index (Phi) is 5.54. The Bertz CT molecular complexity index is 1260. The average molecular weight is 413 g/mol. The number of amides is 1. The number of fused-ring (bicyclic) bond motifs is 1. The van der Waals surface area contributed by atoms with E-state index in [1.165, 1.54) is 0 Å². The van der Waals surface area contributed by atoms with Crippen LogP contribution in [-0.2, 0) is 9.53 Å². The molecule has 156 valence electrons. The topological polar surface area (TPSA) is 73.2 Å². The number of aromatic nitrogens is 2. The van der Waals surface area contributed by atoms with Crippen LogP contribution in [0.5, 0.6) is 0 Å². The van der Waals surface area contributed by atoms with Crippen LogP contribution in [0.25, 0.3) is 16.7 Å². The molecule has 0 fully saturated rings. The lowest BCUT2D eigenvalue weighted by atomic mass is 10.1. The summed E-state index contributed by atoms with van der Waals surface area (Å²) in [5, 5.41) is 2.81. The van der Waals surface area contributed by atoms with Crippen molar-refractivity contribution in [2.24, 2.45) is 0 Å². The summed E-state index contributed by atoms with van der Waals surface area (Å²) in [5.41, 5.74) is 5.59. The first-order valence-electron chi connectivity index (χ1n) is 10.0. The summed E-state index contributed by atoms with van der Waals surface area (Å²) < 4.78 is 7.26. The maximum atomic E-state index is 12.5. The fraction of sp³-hybridized carbons (Fsp3) is 0.160. The summed E-state index contributed by atoms with van der Waals surface area (Å²) in [4.78, 5) is 29.3. The van der Waals surface area contributed by atoms with Crippen LogP contribution in [0.2, 0.25) is 0 Å². The number of benzene rings is 3. The van der Waals surface area contributed by atoms with Crippen LogP contribution >= 0.6 is 0 Å². The number of anilines is 1. The quantitative estimate of drug-likeness (QED) is 0.480. The number of carbonyl (C=O) groups is 2. The summed E-state index contributed by atoms with van der Waals surface area (Å²) >= 11 is 0. The zero-order chi connectivity index (χ0) is 22.0. The van der Waals surface area contributed by atoms with E-state index in [9.17, 15) is 9.59 Å². The maximum Gasteiger partial charge on any atom is 0.338 e. The minimum atomic E-state index is -0.564. The lowest BCUT2D eigenvalue weighted by molar-refractivity contribution is -0.119. The SMILES string of the molecule is Cc1cccc(C)c1NC(=O)COC(=O)c1ccc2c(c1)nc(C)n2-c1ccccc1. The summed E-state index contributed by atoms with van der Waals surface area (Å²) in [5.74, 6) is -0.124. The molecule has 4 rings (SSSR count). The van der Waals surface area contributed by atoms with Crippen molar-refractivity contribution >= 4 is 28.6 Å². The number of ether oxygens (including phenoxy) is 1. The molecule has 3 aromatic carbocycles. The number of imidazole rings is 1. The largest absolute Gasteiger partial charge is 0.452 e. The van der Waals surface area contributed by atoms with Crippen LogP contribution in [0.1, 0.15) is 27.3 Å². The molecule has 1 heterocycles. The van der Waals surface area contributed by atoms with Gasteiger partial charge in [0.15, 0.2) is 6.61 Å². The number of hydrogen-bond acceptors (Lipinski definition) is 4. The molecule has 1 aromatic heterocycles. The van der Waals surface area contributed by atoms with E-state index < -0.39 is 5.97 Å². The highest BCUT2D eigenvalue weighted by atomic mass is 16.5. The first-order valence-corrected chi connectivity index (χ1v) is 10.0. The Morgan fingerprint density at radius 1 is 0.935 bits per heavy atom. The van der Waals surface area contributed by atoms with Crippen molar-refractivity contribution in [2.75, 3.05) is 11.9 Å². The Morgan fingerprint density at radius 3 is 2.35 bits per heavy atom. The molecule has 0 unspecified atom stereocenters. The molecule has 1 N–H and O–H groups in total. The van der Waals surface area contributed by atoms with Crippen molar-refractivity contribution in [3.05, 3.63) is 89.2 Å². The number of para-hydroxylation sites is 2. The molecule has 4 aromatic rings. The van der Waals surface area contributed by atoms with Gasteiger partial charge in [0.05, 0.1) is 16.6 Å². The van der Waals surface area contributed by atoms with Gasteiger partial charge in [0.2, 0.25) is 0 Å². The molecule has 0 bridgehead atoms. The predicted molar refractivity (Wildman–Crippen MR) is 121 cm³/mol. The van der Waals surface area contributed by atoms with Gasteiger partial charge in [-0.2, -0.15) is 0 Å². The van der Waals surface area contributed by atoms with E-state index in [0.717, 1.165) is 33.8 Å². The van der Waals surface area contributed by atoms with Crippen molar-refractivity contribution < 1.29 is 14.3 Å². The second-order valence-electron chi connectivity index (χ2n) is 7.42. The van der Waals surface area contributed by atoms with Crippen molar-refractivity contribution in [2.45, 2.75) is 20.8 Å². The van der Waals surface area contributed by atoms with Gasteiger partial charge in [-0.15, -0.1) is 0 Å². The zero-order valence-electron chi connectivity index (χ0n) is 17.7. The molecule has 0 aliphatic rings. The third-order valence-corrected chi connectivity index (χ3v) is 5.15. The van der Waals surface area contributed by atoms with Crippen molar-refractivity contribution in [3.63, 3.8) is 0 Å². The van der Waals surface area contributed by atoms with Gasteiger partial charge < -0.3 is 10.1 Å². The summed E-state index contributed by atoms with van der Waals surface area (Å²) in [7, 11) is 0. The van der Waals surface area contributed by atoms with Gasteiger partial charge in [-0.05, 0) is 62.2 Å². The van der Waals surface area contributed by atoms with Crippen LogP contribution in [0, 0.1) is 20.8 Å². The van der Waals surface area contributed by atoms with Crippen LogP contribution in [0.15, 0.2) is 66.7 Å². The minimum absolute atomic E-state index is 0.352. The molecule has 31 heavy (non-hydrogen) atoms. The average Bonchev–Trinajstić information content (AvgIpc) is 3.10. The van der Waals surface area contributed by atoms with Gasteiger partial charge in [0, 0.05) is 11.4 Å². The smallest absolute Gasteiger partial charge is 0.338 e. The van der Waals surface area contributed by atoms with Crippen molar-refractivity contribution in [1.29, 1.82) is 0 Å². The van der Waals surface area contributed by atoms with Crippen LogP contribution in [0.3, 0.4) is 0 Å². The second kappa shape index (κ2) is 8.44. The molecule has 0 aliphatic heterocycles. The highest BCUT2D eigenvalue weighted by molar-refractivity contribution is 5.98. The van der Waals surface area contributed by atoms with E-state index in [1.54, 1.807) is 12.1 Å². The molecule has 0 aliphatic carbocycles. The van der Waals surface area contributed by atoms with Crippen molar-refractivity contribution in [3.8, 4) is 5.69 Å². The summed E-state index contributed by atoms with van der Waals surface area (Å²) in [6, 6.07) is 20.9. The lowest BCUT2D eigenvalue weighted by Gasteiger charge is -2.11. The van der Waals surface area contributed by atoms with E-state index in [2.05, 4.69) is 10.3 Å².